The number of aryl methyl sites for hydroxylation is 2. The molecule has 0 bridgehead atoms. The molecular formula is C16H14N2O3. The fourth-order valence-corrected chi connectivity index (χ4v) is 2.20. The first-order chi connectivity index (χ1) is 10.0. The van der Waals surface area contributed by atoms with Crippen molar-refractivity contribution >= 4 is 22.7 Å². The Morgan fingerprint density at radius 1 is 1.19 bits per heavy atom. The Hall–Kier alpha value is -2.82. The Balaban J connectivity index is 1.93. The highest BCUT2D eigenvalue weighted by Gasteiger charge is 2.11. The van der Waals surface area contributed by atoms with Gasteiger partial charge in [-0.1, -0.05) is 12.1 Å². The fraction of sp³-hybridized carbons (Fsp3) is 0.125. The van der Waals surface area contributed by atoms with Crippen molar-refractivity contribution in [3.63, 3.8) is 0 Å². The monoisotopic (exact) mass is 282 g/mol. The van der Waals surface area contributed by atoms with E-state index in [1.165, 1.54) is 4.57 Å². The molecule has 0 aliphatic carbocycles. The minimum atomic E-state index is -0.443. The van der Waals surface area contributed by atoms with Gasteiger partial charge in [0.2, 0.25) is 0 Å². The maximum atomic E-state index is 12.2. The number of hydrogen-bond donors (Lipinski definition) is 1. The molecule has 106 valence electrons. The molecule has 3 aromatic rings. The molecule has 0 saturated heterocycles. The van der Waals surface area contributed by atoms with Crippen LogP contribution in [0.1, 0.15) is 15.9 Å². The van der Waals surface area contributed by atoms with Crippen LogP contribution in [0.3, 0.4) is 0 Å². The molecule has 0 spiro atoms. The zero-order chi connectivity index (χ0) is 15.0. The summed E-state index contributed by atoms with van der Waals surface area (Å²) in [7, 11) is 1.63. The molecule has 0 aliphatic rings. The molecule has 2 aromatic carbocycles. The van der Waals surface area contributed by atoms with E-state index in [4.69, 9.17) is 4.42 Å². The minimum absolute atomic E-state index is 0.242. The number of fused-ring (bicyclic) bond motifs is 1. The molecule has 5 nitrogen and oxygen atoms in total. The molecule has 0 atom stereocenters. The quantitative estimate of drug-likeness (QED) is 0.786. The van der Waals surface area contributed by atoms with Crippen molar-refractivity contribution in [3.8, 4) is 0 Å². The Labute approximate surface area is 120 Å². The van der Waals surface area contributed by atoms with Gasteiger partial charge in [0.25, 0.3) is 5.91 Å². The maximum absolute atomic E-state index is 12.2. The number of nitrogens with one attached hydrogen (secondary N) is 1. The minimum Gasteiger partial charge on any atom is -0.408 e. The zero-order valence-electron chi connectivity index (χ0n) is 11.7. The summed E-state index contributed by atoms with van der Waals surface area (Å²) >= 11 is 0. The van der Waals surface area contributed by atoms with Crippen molar-refractivity contribution in [3.05, 3.63) is 64.1 Å². The third-order valence-electron chi connectivity index (χ3n) is 3.33. The van der Waals surface area contributed by atoms with E-state index in [1.807, 2.05) is 31.2 Å². The lowest BCUT2D eigenvalue weighted by Crippen LogP contribution is -2.11. The zero-order valence-corrected chi connectivity index (χ0v) is 11.7. The Bertz CT molecular complexity index is 890. The molecule has 0 unspecified atom stereocenters. The summed E-state index contributed by atoms with van der Waals surface area (Å²) in [5.41, 5.74) is 3.30. The summed E-state index contributed by atoms with van der Waals surface area (Å²) in [5.74, 6) is -0.685. The number of benzene rings is 2. The Kier molecular flexibility index (Phi) is 3.10. The normalized spacial score (nSPS) is 10.8. The summed E-state index contributed by atoms with van der Waals surface area (Å²) in [4.78, 5) is 23.7. The van der Waals surface area contributed by atoms with E-state index < -0.39 is 5.76 Å². The van der Waals surface area contributed by atoms with Gasteiger partial charge in [0.1, 0.15) is 0 Å². The second-order valence-corrected chi connectivity index (χ2v) is 4.93. The first-order valence-corrected chi connectivity index (χ1v) is 6.52. The van der Waals surface area contributed by atoms with Crippen LogP contribution in [-0.4, -0.2) is 10.5 Å². The van der Waals surface area contributed by atoms with Gasteiger partial charge in [-0.05, 0) is 42.8 Å². The third kappa shape index (κ3) is 2.45. The van der Waals surface area contributed by atoms with Crippen molar-refractivity contribution in [2.45, 2.75) is 6.92 Å². The molecule has 21 heavy (non-hydrogen) atoms. The van der Waals surface area contributed by atoms with Gasteiger partial charge in [-0.15, -0.1) is 0 Å². The van der Waals surface area contributed by atoms with Gasteiger partial charge in [-0.2, -0.15) is 0 Å². The number of amides is 1. The summed E-state index contributed by atoms with van der Waals surface area (Å²) in [6, 6.07) is 12.5. The molecule has 0 radical (unpaired) electrons. The highest BCUT2D eigenvalue weighted by atomic mass is 16.4. The molecule has 0 aliphatic heterocycles. The van der Waals surface area contributed by atoms with Crippen LogP contribution < -0.4 is 11.1 Å². The molecule has 1 heterocycles. The molecule has 0 fully saturated rings. The van der Waals surface area contributed by atoms with Crippen LogP contribution in [0.25, 0.3) is 11.1 Å². The smallest absolute Gasteiger partial charge is 0.408 e. The van der Waals surface area contributed by atoms with Crippen LogP contribution in [0, 0.1) is 6.92 Å². The van der Waals surface area contributed by atoms with Crippen molar-refractivity contribution in [2.24, 2.45) is 7.05 Å². The first kappa shape index (κ1) is 13.2. The highest BCUT2D eigenvalue weighted by molar-refractivity contribution is 6.05. The molecule has 3 rings (SSSR count). The highest BCUT2D eigenvalue weighted by Crippen LogP contribution is 2.16. The van der Waals surface area contributed by atoms with E-state index in [-0.39, 0.29) is 5.91 Å². The number of rotatable bonds is 2. The Morgan fingerprint density at radius 2 is 2.00 bits per heavy atom. The summed E-state index contributed by atoms with van der Waals surface area (Å²) in [6.45, 7) is 1.96. The predicted molar refractivity (Wildman–Crippen MR) is 80.6 cm³/mol. The number of nitrogens with zero attached hydrogens (tertiary/aromatic N) is 1. The number of carbonyl (C=O) groups is 1. The van der Waals surface area contributed by atoms with Crippen molar-refractivity contribution in [1.29, 1.82) is 0 Å². The van der Waals surface area contributed by atoms with E-state index in [1.54, 1.807) is 25.2 Å². The van der Waals surface area contributed by atoms with Gasteiger partial charge in [-0.25, -0.2) is 4.79 Å². The number of aromatic nitrogens is 1. The SMILES string of the molecule is Cc1cccc(NC(=O)c2ccc3c(c2)oc(=O)n3C)c1. The largest absolute Gasteiger partial charge is 0.419 e. The molecule has 1 N–H and O–H groups in total. The van der Waals surface area contributed by atoms with Gasteiger partial charge in [-0.3, -0.25) is 9.36 Å². The standard InChI is InChI=1S/C16H14N2O3/c1-10-4-3-5-12(8-10)17-15(19)11-6-7-13-14(9-11)21-16(20)18(13)2/h3-9H,1-2H3,(H,17,19). The number of carbonyl (C=O) groups excluding carboxylic acids is 1. The van der Waals surface area contributed by atoms with Crippen LogP contribution in [-0.2, 0) is 7.05 Å². The number of hydrogen-bond acceptors (Lipinski definition) is 3. The molecule has 5 heteroatoms. The lowest BCUT2D eigenvalue weighted by atomic mass is 10.1. The van der Waals surface area contributed by atoms with Crippen LogP contribution in [0.5, 0.6) is 0 Å². The van der Waals surface area contributed by atoms with Crippen molar-refractivity contribution in [1.82, 2.24) is 4.57 Å². The van der Waals surface area contributed by atoms with Gasteiger partial charge in [0.05, 0.1) is 5.52 Å². The summed E-state index contributed by atoms with van der Waals surface area (Å²) < 4.78 is 6.49. The van der Waals surface area contributed by atoms with Gasteiger partial charge in [0, 0.05) is 18.3 Å². The van der Waals surface area contributed by atoms with E-state index in [9.17, 15) is 9.59 Å². The number of anilines is 1. The second kappa shape index (κ2) is 4.94. The third-order valence-corrected chi connectivity index (χ3v) is 3.33. The summed E-state index contributed by atoms with van der Waals surface area (Å²) in [6.07, 6.45) is 0. The lowest BCUT2D eigenvalue weighted by molar-refractivity contribution is 0.102. The predicted octanol–water partition coefficient (Wildman–Crippen LogP) is 2.69. The van der Waals surface area contributed by atoms with Gasteiger partial charge >= 0.3 is 5.76 Å². The van der Waals surface area contributed by atoms with Gasteiger partial charge < -0.3 is 9.73 Å². The second-order valence-electron chi connectivity index (χ2n) is 4.93. The molecule has 0 saturated carbocycles. The van der Waals surface area contributed by atoms with Crippen LogP contribution in [0.4, 0.5) is 5.69 Å². The first-order valence-electron chi connectivity index (χ1n) is 6.52. The van der Waals surface area contributed by atoms with Crippen LogP contribution in [0.15, 0.2) is 51.7 Å². The molecule has 1 amide bonds. The van der Waals surface area contributed by atoms with Crippen molar-refractivity contribution < 1.29 is 9.21 Å². The van der Waals surface area contributed by atoms with Crippen LogP contribution in [0.2, 0.25) is 0 Å². The van der Waals surface area contributed by atoms with E-state index in [0.29, 0.717) is 16.7 Å². The van der Waals surface area contributed by atoms with Crippen molar-refractivity contribution in [2.75, 3.05) is 5.32 Å². The summed E-state index contributed by atoms with van der Waals surface area (Å²) in [5, 5.41) is 2.82. The van der Waals surface area contributed by atoms with E-state index >= 15 is 0 Å². The van der Waals surface area contributed by atoms with Gasteiger partial charge in [0.15, 0.2) is 5.58 Å². The fourth-order valence-electron chi connectivity index (χ4n) is 2.20. The maximum Gasteiger partial charge on any atom is 0.419 e. The topological polar surface area (TPSA) is 64.2 Å². The average Bonchev–Trinajstić information content (AvgIpc) is 2.73. The Morgan fingerprint density at radius 3 is 2.76 bits per heavy atom. The lowest BCUT2D eigenvalue weighted by Gasteiger charge is -2.06. The van der Waals surface area contributed by atoms with E-state index in [2.05, 4.69) is 5.32 Å². The molecular weight excluding hydrogens is 268 g/mol. The van der Waals surface area contributed by atoms with E-state index in [0.717, 1.165) is 11.3 Å². The number of oxazole rings is 1. The average molecular weight is 282 g/mol. The van der Waals surface area contributed by atoms with Crippen LogP contribution >= 0.6 is 0 Å². The molecule has 1 aromatic heterocycles.